The van der Waals surface area contributed by atoms with Crippen LogP contribution in [0.5, 0.6) is 0 Å². The van der Waals surface area contributed by atoms with E-state index in [0.29, 0.717) is 6.54 Å². The maximum Gasteiger partial charge on any atom is 0.319 e. The SMILES string of the molecule is O=C1NC=C(C2=NNCC2)CN1. The highest BCUT2D eigenvalue weighted by molar-refractivity contribution is 6.02. The van der Waals surface area contributed by atoms with Gasteiger partial charge >= 0.3 is 6.03 Å². The molecule has 0 atom stereocenters. The van der Waals surface area contributed by atoms with Crippen LogP contribution in [0, 0.1) is 0 Å². The van der Waals surface area contributed by atoms with E-state index in [0.717, 1.165) is 24.3 Å². The summed E-state index contributed by atoms with van der Waals surface area (Å²) in [5, 5.41) is 9.36. The zero-order chi connectivity index (χ0) is 8.39. The fourth-order valence-electron chi connectivity index (χ4n) is 1.23. The zero-order valence-electron chi connectivity index (χ0n) is 6.55. The van der Waals surface area contributed by atoms with Crippen molar-refractivity contribution in [2.75, 3.05) is 13.1 Å². The Morgan fingerprint density at radius 2 is 2.42 bits per heavy atom. The van der Waals surface area contributed by atoms with Crippen molar-refractivity contribution in [1.29, 1.82) is 0 Å². The lowest BCUT2D eigenvalue weighted by Gasteiger charge is -2.14. The third-order valence-corrected chi connectivity index (χ3v) is 1.88. The van der Waals surface area contributed by atoms with Gasteiger partial charge in [0.05, 0.1) is 5.71 Å². The van der Waals surface area contributed by atoms with Crippen molar-refractivity contribution in [3.63, 3.8) is 0 Å². The summed E-state index contributed by atoms with van der Waals surface area (Å²) in [5.41, 5.74) is 4.97. The highest BCUT2D eigenvalue weighted by atomic mass is 16.2. The van der Waals surface area contributed by atoms with Crippen molar-refractivity contribution >= 4 is 11.7 Å². The molecule has 2 aliphatic rings. The van der Waals surface area contributed by atoms with Gasteiger partial charge in [0.15, 0.2) is 0 Å². The summed E-state index contributed by atoms with van der Waals surface area (Å²) < 4.78 is 0. The first-order chi connectivity index (χ1) is 5.86. The molecule has 3 N–H and O–H groups in total. The Balaban J connectivity index is 2.09. The lowest BCUT2D eigenvalue weighted by molar-refractivity contribution is 0.244. The number of carbonyl (C=O) groups excluding carboxylic acids is 1. The van der Waals surface area contributed by atoms with Crippen LogP contribution < -0.4 is 16.1 Å². The number of carbonyl (C=O) groups is 1. The van der Waals surface area contributed by atoms with Crippen molar-refractivity contribution in [3.8, 4) is 0 Å². The number of rotatable bonds is 1. The van der Waals surface area contributed by atoms with E-state index in [1.807, 2.05) is 0 Å². The average molecular weight is 166 g/mol. The molecule has 2 amide bonds. The number of hydrogen-bond acceptors (Lipinski definition) is 3. The molecule has 0 aliphatic carbocycles. The highest BCUT2D eigenvalue weighted by Crippen LogP contribution is 2.05. The minimum Gasteiger partial charge on any atom is -0.334 e. The molecule has 0 aromatic carbocycles. The zero-order valence-corrected chi connectivity index (χ0v) is 6.55. The van der Waals surface area contributed by atoms with Gasteiger partial charge in [-0.15, -0.1) is 0 Å². The summed E-state index contributed by atoms with van der Waals surface area (Å²) in [7, 11) is 0. The van der Waals surface area contributed by atoms with E-state index in [4.69, 9.17) is 0 Å². The van der Waals surface area contributed by atoms with Crippen molar-refractivity contribution < 1.29 is 4.79 Å². The molecule has 0 unspecified atom stereocenters. The number of hydrazone groups is 1. The van der Waals surface area contributed by atoms with Crippen molar-refractivity contribution in [3.05, 3.63) is 11.8 Å². The van der Waals surface area contributed by atoms with Gasteiger partial charge in [0, 0.05) is 31.3 Å². The molecular weight excluding hydrogens is 156 g/mol. The third-order valence-electron chi connectivity index (χ3n) is 1.88. The first-order valence-electron chi connectivity index (χ1n) is 3.89. The van der Waals surface area contributed by atoms with Crippen LogP contribution in [0.25, 0.3) is 0 Å². The lowest BCUT2D eigenvalue weighted by atomic mass is 10.1. The van der Waals surface area contributed by atoms with E-state index in [9.17, 15) is 4.79 Å². The van der Waals surface area contributed by atoms with Gasteiger partial charge in [-0.05, 0) is 0 Å². The van der Waals surface area contributed by atoms with E-state index in [-0.39, 0.29) is 6.03 Å². The second kappa shape index (κ2) is 2.84. The normalized spacial score (nSPS) is 21.8. The van der Waals surface area contributed by atoms with E-state index >= 15 is 0 Å². The number of hydrogen-bond donors (Lipinski definition) is 3. The summed E-state index contributed by atoms with van der Waals surface area (Å²) in [6, 6.07) is -0.148. The summed E-state index contributed by atoms with van der Waals surface area (Å²) in [6.07, 6.45) is 2.65. The van der Waals surface area contributed by atoms with Crippen LogP contribution in [-0.4, -0.2) is 24.8 Å². The van der Waals surface area contributed by atoms with Crippen LogP contribution in [0.2, 0.25) is 0 Å². The smallest absolute Gasteiger partial charge is 0.319 e. The molecule has 5 heteroatoms. The predicted molar refractivity (Wildman–Crippen MR) is 44.7 cm³/mol. The summed E-state index contributed by atoms with van der Waals surface area (Å²) in [6.45, 7) is 1.47. The van der Waals surface area contributed by atoms with Crippen LogP contribution in [0.3, 0.4) is 0 Å². The second-order valence-corrected chi connectivity index (χ2v) is 2.71. The van der Waals surface area contributed by atoms with Crippen molar-refractivity contribution in [1.82, 2.24) is 16.1 Å². The molecule has 0 spiro atoms. The molecule has 0 fully saturated rings. The molecule has 64 valence electrons. The number of nitrogens with one attached hydrogen (secondary N) is 3. The van der Waals surface area contributed by atoms with E-state index in [1.165, 1.54) is 0 Å². The first-order valence-corrected chi connectivity index (χ1v) is 3.89. The Kier molecular flexibility index (Phi) is 1.69. The largest absolute Gasteiger partial charge is 0.334 e. The predicted octanol–water partition coefficient (Wildman–Crippen LogP) is -0.468. The lowest BCUT2D eigenvalue weighted by Crippen LogP contribution is -2.39. The Hall–Kier alpha value is -1.52. The van der Waals surface area contributed by atoms with Crippen molar-refractivity contribution in [2.45, 2.75) is 6.42 Å². The Labute approximate surface area is 69.9 Å². The third kappa shape index (κ3) is 1.25. The standard InChI is InChI=1S/C7H10N4O/c12-7-8-3-5(4-9-7)6-1-2-10-11-6/h3,10H,1-2,4H2,(H2,8,9,12). The van der Waals surface area contributed by atoms with Crippen LogP contribution in [0.15, 0.2) is 16.9 Å². The highest BCUT2D eigenvalue weighted by Gasteiger charge is 2.15. The molecular formula is C7H10N4O. The van der Waals surface area contributed by atoms with Gasteiger partial charge in [-0.1, -0.05) is 0 Å². The van der Waals surface area contributed by atoms with Gasteiger partial charge in [-0.3, -0.25) is 0 Å². The molecule has 0 bridgehead atoms. The molecule has 2 aliphatic heterocycles. The summed E-state index contributed by atoms with van der Waals surface area (Å²) in [5.74, 6) is 0. The van der Waals surface area contributed by atoms with Gasteiger partial charge in [0.1, 0.15) is 0 Å². The van der Waals surface area contributed by atoms with Gasteiger partial charge in [0.25, 0.3) is 0 Å². The minimum atomic E-state index is -0.148. The molecule has 2 rings (SSSR count). The number of urea groups is 1. The Morgan fingerprint density at radius 3 is 3.00 bits per heavy atom. The van der Waals surface area contributed by atoms with Gasteiger partial charge in [-0.25, -0.2) is 4.79 Å². The maximum atomic E-state index is 10.7. The minimum absolute atomic E-state index is 0.148. The topological polar surface area (TPSA) is 65.5 Å². The molecule has 0 aromatic heterocycles. The molecule has 2 heterocycles. The second-order valence-electron chi connectivity index (χ2n) is 2.71. The van der Waals surface area contributed by atoms with Crippen molar-refractivity contribution in [2.24, 2.45) is 5.10 Å². The molecule has 12 heavy (non-hydrogen) atoms. The van der Waals surface area contributed by atoms with Crippen LogP contribution in [0.4, 0.5) is 4.79 Å². The number of nitrogens with zero attached hydrogens (tertiary/aromatic N) is 1. The van der Waals surface area contributed by atoms with Gasteiger partial charge in [-0.2, -0.15) is 5.10 Å². The maximum absolute atomic E-state index is 10.7. The first kappa shape index (κ1) is 7.15. The van der Waals surface area contributed by atoms with Crippen LogP contribution in [-0.2, 0) is 0 Å². The number of amides is 2. The van der Waals surface area contributed by atoms with E-state index in [2.05, 4.69) is 21.2 Å². The molecule has 0 saturated carbocycles. The van der Waals surface area contributed by atoms with E-state index in [1.54, 1.807) is 6.20 Å². The molecule has 0 saturated heterocycles. The summed E-state index contributed by atoms with van der Waals surface area (Å²) >= 11 is 0. The Bertz CT molecular complexity index is 269. The Morgan fingerprint density at radius 1 is 1.50 bits per heavy atom. The van der Waals surface area contributed by atoms with Crippen LogP contribution in [0.1, 0.15) is 6.42 Å². The molecule has 0 radical (unpaired) electrons. The van der Waals surface area contributed by atoms with Gasteiger partial charge in [0.2, 0.25) is 0 Å². The van der Waals surface area contributed by atoms with Gasteiger partial charge < -0.3 is 16.1 Å². The molecule has 0 aromatic rings. The fraction of sp³-hybridized carbons (Fsp3) is 0.429. The fourth-order valence-corrected chi connectivity index (χ4v) is 1.23. The molecule has 5 nitrogen and oxygen atoms in total. The summed E-state index contributed by atoms with van der Waals surface area (Å²) in [4.78, 5) is 10.7. The quantitative estimate of drug-likeness (QED) is 0.493. The monoisotopic (exact) mass is 166 g/mol. The van der Waals surface area contributed by atoms with Crippen LogP contribution >= 0.6 is 0 Å². The van der Waals surface area contributed by atoms with E-state index < -0.39 is 0 Å². The average Bonchev–Trinajstić information content (AvgIpc) is 2.58.